The van der Waals surface area contributed by atoms with Gasteiger partial charge in [-0.05, 0) is 42.0 Å². The summed E-state index contributed by atoms with van der Waals surface area (Å²) in [7, 11) is 1.53. The summed E-state index contributed by atoms with van der Waals surface area (Å²) < 4.78 is 13.0. The number of rotatable bonds is 5. The van der Waals surface area contributed by atoms with E-state index in [-0.39, 0.29) is 22.8 Å². The van der Waals surface area contributed by atoms with Gasteiger partial charge in [-0.3, -0.25) is 30.6 Å². The minimum atomic E-state index is -0.695. The lowest BCUT2D eigenvalue weighted by Crippen LogP contribution is -2.41. The molecule has 0 radical (unpaired) electrons. The second kappa shape index (κ2) is 8.48. The van der Waals surface area contributed by atoms with Crippen molar-refractivity contribution >= 4 is 34.5 Å². The van der Waals surface area contributed by atoms with Crippen LogP contribution in [-0.2, 0) is 0 Å². The molecule has 0 aliphatic heterocycles. The highest BCUT2D eigenvalue weighted by Gasteiger charge is 2.18. The molecule has 0 saturated carbocycles. The molecule has 1 aromatic heterocycles. The molecule has 3 N–H and O–H groups in total. The van der Waals surface area contributed by atoms with E-state index in [1.807, 2.05) is 0 Å². The Kier molecular flexibility index (Phi) is 5.84. The molecule has 0 spiro atoms. The van der Waals surface area contributed by atoms with Crippen LogP contribution >= 0.6 is 11.3 Å². The first-order valence-corrected chi connectivity index (χ1v) is 9.13. The maximum Gasteiger partial charge on any atom is 0.293 e. The summed E-state index contributed by atoms with van der Waals surface area (Å²) in [6, 6.07) is 13.1. The zero-order chi connectivity index (χ0) is 21.0. The highest BCUT2D eigenvalue weighted by Crippen LogP contribution is 2.28. The van der Waals surface area contributed by atoms with Gasteiger partial charge < -0.3 is 5.32 Å². The number of thiophene rings is 1. The Labute approximate surface area is 168 Å². The molecule has 1 heterocycles. The van der Waals surface area contributed by atoms with E-state index in [1.165, 1.54) is 42.6 Å². The van der Waals surface area contributed by atoms with Gasteiger partial charge in [0.2, 0.25) is 0 Å². The second-order valence-corrected chi connectivity index (χ2v) is 6.90. The number of halogens is 1. The van der Waals surface area contributed by atoms with Crippen molar-refractivity contribution < 1.29 is 18.9 Å². The molecule has 0 bridgehead atoms. The van der Waals surface area contributed by atoms with Crippen molar-refractivity contribution in [2.45, 2.75) is 0 Å². The summed E-state index contributed by atoms with van der Waals surface area (Å²) in [5, 5.41) is 13.8. The van der Waals surface area contributed by atoms with Crippen molar-refractivity contribution in [2.75, 3.05) is 12.4 Å². The van der Waals surface area contributed by atoms with Crippen LogP contribution in [0.25, 0.3) is 10.4 Å². The molecular weight excluding hydrogens is 399 g/mol. The second-order valence-electron chi connectivity index (χ2n) is 5.82. The molecule has 0 aliphatic carbocycles. The Morgan fingerprint density at radius 1 is 1.00 bits per heavy atom. The smallest absolute Gasteiger partial charge is 0.293 e. The lowest BCUT2D eigenvalue weighted by Gasteiger charge is -2.08. The standard InChI is InChI=1S/C19H15FN4O4S/c1-21-14-7-4-12(10-15(14)24(27)28)18(25)22-23-19(26)17-9-8-16(29-17)11-2-5-13(20)6-3-11/h2-10,21H,1H3,(H,22,25)(H,23,26). The molecule has 0 saturated heterocycles. The maximum absolute atomic E-state index is 13.0. The van der Waals surface area contributed by atoms with Gasteiger partial charge >= 0.3 is 0 Å². The minimum Gasteiger partial charge on any atom is -0.383 e. The fourth-order valence-electron chi connectivity index (χ4n) is 2.51. The van der Waals surface area contributed by atoms with Crippen molar-refractivity contribution in [3.8, 4) is 10.4 Å². The molecule has 8 nitrogen and oxygen atoms in total. The first-order valence-electron chi connectivity index (χ1n) is 8.31. The molecule has 3 aromatic rings. The number of amides is 2. The summed E-state index contributed by atoms with van der Waals surface area (Å²) in [6.45, 7) is 0. The summed E-state index contributed by atoms with van der Waals surface area (Å²) >= 11 is 1.18. The van der Waals surface area contributed by atoms with E-state index in [9.17, 15) is 24.1 Å². The molecule has 10 heteroatoms. The number of nitrogens with one attached hydrogen (secondary N) is 3. The zero-order valence-electron chi connectivity index (χ0n) is 15.1. The van der Waals surface area contributed by atoms with Crippen LogP contribution in [0.1, 0.15) is 20.0 Å². The molecule has 0 unspecified atom stereocenters. The van der Waals surface area contributed by atoms with Crippen LogP contribution in [0.15, 0.2) is 54.6 Å². The van der Waals surface area contributed by atoms with Gasteiger partial charge in [0.1, 0.15) is 11.5 Å². The van der Waals surface area contributed by atoms with Crippen molar-refractivity contribution in [2.24, 2.45) is 0 Å². The van der Waals surface area contributed by atoms with E-state index in [0.29, 0.717) is 4.88 Å². The summed E-state index contributed by atoms with van der Waals surface area (Å²) in [5.74, 6) is -1.59. The Hall–Kier alpha value is -3.79. The number of nitro groups is 1. The quantitative estimate of drug-likeness (QED) is 0.436. The van der Waals surface area contributed by atoms with Crippen LogP contribution in [0.3, 0.4) is 0 Å². The van der Waals surface area contributed by atoms with Crippen LogP contribution < -0.4 is 16.2 Å². The monoisotopic (exact) mass is 414 g/mol. The van der Waals surface area contributed by atoms with Crippen LogP contribution in [0.4, 0.5) is 15.8 Å². The third-order valence-electron chi connectivity index (χ3n) is 3.97. The number of hydrogen-bond acceptors (Lipinski definition) is 6. The minimum absolute atomic E-state index is 0.0224. The number of anilines is 1. The number of carbonyl (C=O) groups is 2. The fourth-order valence-corrected chi connectivity index (χ4v) is 3.42. The molecule has 0 fully saturated rings. The molecule has 0 atom stereocenters. The van der Waals surface area contributed by atoms with E-state index in [4.69, 9.17) is 0 Å². The zero-order valence-corrected chi connectivity index (χ0v) is 15.9. The highest BCUT2D eigenvalue weighted by atomic mass is 32.1. The van der Waals surface area contributed by atoms with Gasteiger partial charge in [0.05, 0.1) is 9.80 Å². The lowest BCUT2D eigenvalue weighted by atomic mass is 10.1. The van der Waals surface area contributed by atoms with Crippen molar-refractivity contribution in [3.63, 3.8) is 0 Å². The third kappa shape index (κ3) is 4.55. The number of carbonyl (C=O) groups excluding carboxylic acids is 2. The van der Waals surface area contributed by atoms with Crippen LogP contribution in [-0.4, -0.2) is 23.8 Å². The van der Waals surface area contributed by atoms with Crippen LogP contribution in [0.2, 0.25) is 0 Å². The summed E-state index contributed by atoms with van der Waals surface area (Å²) in [4.78, 5) is 36.1. The van der Waals surface area contributed by atoms with Crippen molar-refractivity contribution in [1.29, 1.82) is 0 Å². The predicted molar refractivity (Wildman–Crippen MR) is 107 cm³/mol. The Morgan fingerprint density at radius 2 is 1.69 bits per heavy atom. The number of nitrogens with zero attached hydrogens (tertiary/aromatic N) is 1. The molecular formula is C19H15FN4O4S. The third-order valence-corrected chi connectivity index (χ3v) is 5.11. The highest BCUT2D eigenvalue weighted by molar-refractivity contribution is 7.17. The van der Waals surface area contributed by atoms with E-state index in [1.54, 1.807) is 24.3 Å². The molecule has 2 amide bonds. The van der Waals surface area contributed by atoms with Gasteiger partial charge in [-0.15, -0.1) is 11.3 Å². The van der Waals surface area contributed by atoms with Gasteiger partial charge in [0, 0.05) is 23.6 Å². The Morgan fingerprint density at radius 3 is 2.34 bits per heavy atom. The molecule has 148 valence electrons. The first-order chi connectivity index (χ1) is 13.9. The number of hydrogen-bond donors (Lipinski definition) is 3. The number of benzene rings is 2. The largest absolute Gasteiger partial charge is 0.383 e. The number of hydrazine groups is 1. The van der Waals surface area contributed by atoms with Crippen LogP contribution in [0.5, 0.6) is 0 Å². The predicted octanol–water partition coefficient (Wildman–Crippen LogP) is 3.58. The van der Waals surface area contributed by atoms with E-state index in [0.717, 1.165) is 16.5 Å². The van der Waals surface area contributed by atoms with Crippen molar-refractivity contribution in [3.05, 3.63) is 81.0 Å². The molecule has 0 aliphatic rings. The van der Waals surface area contributed by atoms with Crippen LogP contribution in [0, 0.1) is 15.9 Å². The average Bonchev–Trinajstić information content (AvgIpc) is 3.22. The maximum atomic E-state index is 13.0. The Balaban J connectivity index is 1.66. The van der Waals surface area contributed by atoms with E-state index >= 15 is 0 Å². The van der Waals surface area contributed by atoms with Gasteiger partial charge in [-0.25, -0.2) is 4.39 Å². The number of nitro benzene ring substituents is 1. The van der Waals surface area contributed by atoms with Gasteiger partial charge in [-0.2, -0.15) is 0 Å². The molecule has 2 aromatic carbocycles. The molecule has 29 heavy (non-hydrogen) atoms. The summed E-state index contributed by atoms with van der Waals surface area (Å²) in [5.41, 5.74) is 5.30. The SMILES string of the molecule is CNc1ccc(C(=O)NNC(=O)c2ccc(-c3ccc(F)cc3)s2)cc1[N+](=O)[O-]. The average molecular weight is 414 g/mol. The lowest BCUT2D eigenvalue weighted by molar-refractivity contribution is -0.384. The first kappa shape index (κ1) is 20.0. The normalized spacial score (nSPS) is 10.3. The van der Waals surface area contributed by atoms with Crippen molar-refractivity contribution in [1.82, 2.24) is 10.9 Å². The van der Waals surface area contributed by atoms with E-state index in [2.05, 4.69) is 16.2 Å². The van der Waals surface area contributed by atoms with E-state index < -0.39 is 16.7 Å². The van der Waals surface area contributed by atoms with Gasteiger partial charge in [-0.1, -0.05) is 12.1 Å². The van der Waals surface area contributed by atoms with Gasteiger partial charge in [0.25, 0.3) is 17.5 Å². The Bertz CT molecular complexity index is 1080. The fraction of sp³-hybridized carbons (Fsp3) is 0.0526. The summed E-state index contributed by atoms with van der Waals surface area (Å²) in [6.07, 6.45) is 0. The topological polar surface area (TPSA) is 113 Å². The molecule has 3 rings (SSSR count). The van der Waals surface area contributed by atoms with Gasteiger partial charge in [0.15, 0.2) is 0 Å².